The minimum Gasteiger partial charge on any atom is -0.381 e. The molecule has 0 radical (unpaired) electrons. The van der Waals surface area contributed by atoms with Crippen LogP contribution in [0.4, 0.5) is 8.78 Å². The molecule has 2 rings (SSSR count). The largest absolute Gasteiger partial charge is 0.381 e. The van der Waals surface area contributed by atoms with Gasteiger partial charge in [0.2, 0.25) is 5.91 Å². The smallest absolute Gasteiger partial charge is 0.228 e. The maximum absolute atomic E-state index is 11.8. The third-order valence-corrected chi connectivity index (χ3v) is 2.95. The molecule has 0 aliphatic carbocycles. The van der Waals surface area contributed by atoms with Crippen molar-refractivity contribution in [2.24, 2.45) is 5.92 Å². The number of carbonyl (C=O) groups is 1. The van der Waals surface area contributed by atoms with Crippen LogP contribution < -0.4 is 0 Å². The lowest BCUT2D eigenvalue weighted by atomic mass is 10.0. The highest BCUT2D eigenvalue weighted by molar-refractivity contribution is 5.79. The Kier molecular flexibility index (Phi) is 10.0. The molecule has 3 nitrogen and oxygen atoms in total. The lowest BCUT2D eigenvalue weighted by Crippen LogP contribution is -2.39. The van der Waals surface area contributed by atoms with Crippen molar-refractivity contribution in [1.29, 1.82) is 0 Å². The second-order valence-electron chi connectivity index (χ2n) is 3.95. The molecular formula is C12H23F2NO2. The molecule has 2 heterocycles. The molecule has 2 saturated heterocycles. The van der Waals surface area contributed by atoms with E-state index in [-0.39, 0.29) is 5.92 Å². The van der Waals surface area contributed by atoms with Crippen molar-refractivity contribution < 1.29 is 18.3 Å². The van der Waals surface area contributed by atoms with Gasteiger partial charge in [-0.1, -0.05) is 0 Å². The van der Waals surface area contributed by atoms with E-state index in [9.17, 15) is 13.6 Å². The number of hydrogen-bond acceptors (Lipinski definition) is 2. The van der Waals surface area contributed by atoms with Gasteiger partial charge in [0, 0.05) is 19.7 Å². The predicted molar refractivity (Wildman–Crippen MR) is 63.4 cm³/mol. The number of halogens is 2. The van der Waals surface area contributed by atoms with Crippen molar-refractivity contribution in [3.05, 3.63) is 0 Å². The first kappa shape index (κ1) is 16.3. The zero-order valence-electron chi connectivity index (χ0n) is 10.8. The summed E-state index contributed by atoms with van der Waals surface area (Å²) in [5, 5.41) is 0. The van der Waals surface area contributed by atoms with Gasteiger partial charge in [-0.05, 0) is 25.7 Å². The predicted octanol–water partition coefficient (Wildman–Crippen LogP) is 2.21. The van der Waals surface area contributed by atoms with Gasteiger partial charge in [0.25, 0.3) is 0 Å². The molecule has 0 aromatic carbocycles. The van der Waals surface area contributed by atoms with Crippen LogP contribution in [-0.2, 0) is 9.53 Å². The zero-order valence-corrected chi connectivity index (χ0v) is 10.8. The van der Waals surface area contributed by atoms with Crippen LogP contribution >= 0.6 is 0 Å². The van der Waals surface area contributed by atoms with E-state index < -0.39 is 0 Å². The SMILES string of the molecule is CF.CF.O=C(C1CCOC1)N1CCCCC1. The van der Waals surface area contributed by atoms with E-state index in [1.165, 1.54) is 19.3 Å². The van der Waals surface area contributed by atoms with Crippen LogP contribution in [0.2, 0.25) is 0 Å². The molecule has 0 aromatic rings. The average molecular weight is 251 g/mol. The normalized spacial score (nSPS) is 23.1. The highest BCUT2D eigenvalue weighted by atomic mass is 19.1. The van der Waals surface area contributed by atoms with Crippen LogP contribution in [0.15, 0.2) is 0 Å². The molecule has 1 atom stereocenters. The second kappa shape index (κ2) is 10.4. The molecule has 0 N–H and O–H groups in total. The van der Waals surface area contributed by atoms with E-state index in [1.807, 2.05) is 4.90 Å². The van der Waals surface area contributed by atoms with Gasteiger partial charge in [-0.15, -0.1) is 0 Å². The van der Waals surface area contributed by atoms with E-state index >= 15 is 0 Å². The molecule has 0 bridgehead atoms. The molecule has 5 heteroatoms. The molecule has 102 valence electrons. The number of rotatable bonds is 1. The summed E-state index contributed by atoms with van der Waals surface area (Å²) >= 11 is 0. The number of piperidine rings is 1. The summed E-state index contributed by atoms with van der Waals surface area (Å²) < 4.78 is 24.2. The van der Waals surface area contributed by atoms with E-state index in [0.717, 1.165) is 26.1 Å². The van der Waals surface area contributed by atoms with Crippen LogP contribution in [0, 0.1) is 5.92 Å². The third-order valence-electron chi connectivity index (χ3n) is 2.95. The Balaban J connectivity index is 0.000000581. The Labute approximate surface area is 102 Å². The van der Waals surface area contributed by atoms with E-state index in [4.69, 9.17) is 4.74 Å². The molecule has 0 saturated carbocycles. The standard InChI is InChI=1S/C10H17NO2.2CH3F/c12-10(9-4-7-13-8-9)11-5-2-1-3-6-11;2*1-2/h9H,1-8H2;2*1H3. The summed E-state index contributed by atoms with van der Waals surface area (Å²) in [4.78, 5) is 13.9. The Morgan fingerprint density at radius 1 is 1.12 bits per heavy atom. The first-order valence-electron chi connectivity index (χ1n) is 6.00. The van der Waals surface area contributed by atoms with Crippen molar-refractivity contribution in [1.82, 2.24) is 4.90 Å². The number of carbonyl (C=O) groups excluding carboxylic acids is 1. The summed E-state index contributed by atoms with van der Waals surface area (Å²) in [5.74, 6) is 0.496. The van der Waals surface area contributed by atoms with Crippen molar-refractivity contribution in [3.8, 4) is 0 Å². The lowest BCUT2D eigenvalue weighted by Gasteiger charge is -2.28. The molecular weight excluding hydrogens is 228 g/mol. The molecule has 17 heavy (non-hydrogen) atoms. The van der Waals surface area contributed by atoms with Gasteiger partial charge >= 0.3 is 0 Å². The highest BCUT2D eigenvalue weighted by Gasteiger charge is 2.28. The molecule has 0 aromatic heterocycles. The summed E-state index contributed by atoms with van der Waals surface area (Å²) in [6.07, 6.45) is 4.57. The van der Waals surface area contributed by atoms with Gasteiger partial charge in [-0.3, -0.25) is 13.6 Å². The molecule has 2 fully saturated rings. The summed E-state index contributed by atoms with van der Waals surface area (Å²) in [6.45, 7) is 3.35. The van der Waals surface area contributed by atoms with Gasteiger partial charge in [0.05, 0.1) is 26.9 Å². The highest BCUT2D eigenvalue weighted by Crippen LogP contribution is 2.18. The van der Waals surface area contributed by atoms with Crippen LogP contribution in [0.5, 0.6) is 0 Å². The first-order chi connectivity index (χ1) is 8.38. The van der Waals surface area contributed by atoms with Crippen LogP contribution in [0.25, 0.3) is 0 Å². The van der Waals surface area contributed by atoms with Gasteiger partial charge in [0.15, 0.2) is 0 Å². The van der Waals surface area contributed by atoms with Crippen LogP contribution in [0.3, 0.4) is 0 Å². The topological polar surface area (TPSA) is 29.5 Å². The Bertz CT molecular complexity index is 191. The van der Waals surface area contributed by atoms with Gasteiger partial charge < -0.3 is 9.64 Å². The van der Waals surface area contributed by atoms with Crippen LogP contribution in [-0.4, -0.2) is 51.5 Å². The molecule has 1 amide bonds. The number of nitrogens with zero attached hydrogens (tertiary/aromatic N) is 1. The number of amides is 1. The minimum atomic E-state index is 0.165. The quantitative estimate of drug-likeness (QED) is 0.715. The Morgan fingerprint density at radius 3 is 2.18 bits per heavy atom. The monoisotopic (exact) mass is 251 g/mol. The first-order valence-corrected chi connectivity index (χ1v) is 6.00. The average Bonchev–Trinajstić information content (AvgIpc) is 2.97. The van der Waals surface area contributed by atoms with Crippen molar-refractivity contribution in [2.75, 3.05) is 40.7 Å². The van der Waals surface area contributed by atoms with Gasteiger partial charge in [-0.2, -0.15) is 0 Å². The zero-order chi connectivity index (χ0) is 13.1. The fraction of sp³-hybridized carbons (Fsp3) is 0.917. The van der Waals surface area contributed by atoms with Crippen LogP contribution in [0.1, 0.15) is 25.7 Å². The number of hydrogen-bond donors (Lipinski definition) is 0. The fourth-order valence-electron chi connectivity index (χ4n) is 2.10. The minimum absolute atomic E-state index is 0.165. The van der Waals surface area contributed by atoms with Gasteiger partial charge in [-0.25, -0.2) is 0 Å². The number of alkyl halides is 2. The summed E-state index contributed by atoms with van der Waals surface area (Å²) in [6, 6.07) is 0. The maximum atomic E-state index is 11.8. The molecule has 2 aliphatic heterocycles. The summed E-state index contributed by atoms with van der Waals surface area (Å²) in [5.41, 5.74) is 0. The van der Waals surface area contributed by atoms with Gasteiger partial charge in [0.1, 0.15) is 0 Å². The maximum Gasteiger partial charge on any atom is 0.228 e. The third kappa shape index (κ3) is 5.44. The summed E-state index contributed by atoms with van der Waals surface area (Å²) in [7, 11) is 1.00. The lowest BCUT2D eigenvalue weighted by molar-refractivity contribution is -0.136. The number of likely N-dealkylation sites (tertiary alicyclic amines) is 1. The Morgan fingerprint density at radius 2 is 1.71 bits per heavy atom. The molecule has 2 aliphatic rings. The second-order valence-corrected chi connectivity index (χ2v) is 3.95. The molecule has 1 unspecified atom stereocenters. The van der Waals surface area contributed by atoms with Crippen molar-refractivity contribution in [3.63, 3.8) is 0 Å². The Hall–Kier alpha value is -0.710. The number of ether oxygens (including phenoxy) is 1. The van der Waals surface area contributed by atoms with E-state index in [2.05, 4.69) is 0 Å². The fourth-order valence-corrected chi connectivity index (χ4v) is 2.10. The van der Waals surface area contributed by atoms with E-state index in [1.54, 1.807) is 0 Å². The van der Waals surface area contributed by atoms with E-state index in [0.29, 0.717) is 26.9 Å². The van der Waals surface area contributed by atoms with Crippen molar-refractivity contribution >= 4 is 5.91 Å². The molecule has 0 spiro atoms. The van der Waals surface area contributed by atoms with Crippen molar-refractivity contribution in [2.45, 2.75) is 25.7 Å².